The highest BCUT2D eigenvalue weighted by Gasteiger charge is 2.44. The molecule has 2 aromatic carbocycles. The summed E-state index contributed by atoms with van der Waals surface area (Å²) in [6.45, 7) is 8.25. The van der Waals surface area contributed by atoms with Crippen molar-refractivity contribution in [2.24, 2.45) is 5.41 Å². The Labute approximate surface area is 177 Å². The Morgan fingerprint density at radius 1 is 1.03 bits per heavy atom. The molecule has 150 valence electrons. The van der Waals surface area contributed by atoms with Crippen molar-refractivity contribution < 1.29 is 9.59 Å². The predicted octanol–water partition coefficient (Wildman–Crippen LogP) is 6.12. The van der Waals surface area contributed by atoms with E-state index in [4.69, 9.17) is 11.6 Å². The largest absolute Gasteiger partial charge is 0.294 e. The van der Waals surface area contributed by atoms with Gasteiger partial charge in [-0.15, -0.1) is 0 Å². The minimum absolute atomic E-state index is 0.0196. The molecule has 0 saturated heterocycles. The van der Waals surface area contributed by atoms with E-state index in [0.29, 0.717) is 17.9 Å². The lowest BCUT2D eigenvalue weighted by Crippen LogP contribution is -2.44. The first-order valence-electron chi connectivity index (χ1n) is 10.1. The second kappa shape index (κ2) is 7.14. The van der Waals surface area contributed by atoms with Crippen LogP contribution in [0.1, 0.15) is 55.7 Å². The van der Waals surface area contributed by atoms with Crippen molar-refractivity contribution >= 4 is 29.0 Å². The summed E-state index contributed by atoms with van der Waals surface area (Å²) in [7, 11) is 0. The Balaban J connectivity index is 1.94. The smallest absolute Gasteiger partial charge is 0.232 e. The Morgan fingerprint density at radius 2 is 1.76 bits per heavy atom. The lowest BCUT2D eigenvalue weighted by molar-refractivity contribution is -0.121. The Bertz CT molecular complexity index is 1050. The van der Waals surface area contributed by atoms with Crippen LogP contribution < -0.4 is 4.90 Å². The summed E-state index contributed by atoms with van der Waals surface area (Å²) >= 11 is 6.48. The summed E-state index contributed by atoms with van der Waals surface area (Å²) in [6.07, 6.45) is 1.43. The van der Waals surface area contributed by atoms with Gasteiger partial charge in [0.25, 0.3) is 0 Å². The molecular weight excluding hydrogens is 382 g/mol. The van der Waals surface area contributed by atoms with Gasteiger partial charge in [-0.1, -0.05) is 61.3 Å². The Morgan fingerprint density at radius 3 is 2.45 bits per heavy atom. The second-order valence-corrected chi connectivity index (χ2v) is 9.51. The summed E-state index contributed by atoms with van der Waals surface area (Å²) < 4.78 is 0. The van der Waals surface area contributed by atoms with Crippen molar-refractivity contribution in [3.8, 4) is 0 Å². The fourth-order valence-electron chi connectivity index (χ4n) is 4.77. The van der Waals surface area contributed by atoms with Crippen molar-refractivity contribution in [2.45, 2.75) is 52.9 Å². The lowest BCUT2D eigenvalue weighted by atomic mass is 9.69. The van der Waals surface area contributed by atoms with Crippen LogP contribution in [0, 0.1) is 19.3 Å². The third-order valence-electron chi connectivity index (χ3n) is 6.02. The molecule has 1 aliphatic heterocycles. The van der Waals surface area contributed by atoms with Crippen molar-refractivity contribution in [3.63, 3.8) is 0 Å². The number of ketones is 1. The van der Waals surface area contributed by atoms with Crippen LogP contribution in [0.2, 0.25) is 5.02 Å². The van der Waals surface area contributed by atoms with Crippen LogP contribution in [-0.2, 0) is 9.59 Å². The van der Waals surface area contributed by atoms with E-state index in [0.717, 1.165) is 33.6 Å². The highest BCUT2D eigenvalue weighted by atomic mass is 35.5. The van der Waals surface area contributed by atoms with Crippen LogP contribution in [0.15, 0.2) is 53.7 Å². The molecule has 2 aliphatic rings. The fourth-order valence-corrected chi connectivity index (χ4v) is 5.04. The molecule has 1 amide bonds. The third-order valence-corrected chi connectivity index (χ3v) is 6.36. The van der Waals surface area contributed by atoms with Gasteiger partial charge in [-0.2, -0.15) is 0 Å². The number of rotatable bonds is 2. The molecule has 4 rings (SSSR count). The average molecular weight is 408 g/mol. The molecule has 0 aromatic heterocycles. The van der Waals surface area contributed by atoms with Gasteiger partial charge in [0.2, 0.25) is 5.91 Å². The predicted molar refractivity (Wildman–Crippen MR) is 117 cm³/mol. The van der Waals surface area contributed by atoms with E-state index < -0.39 is 0 Å². The van der Waals surface area contributed by atoms with Crippen LogP contribution >= 0.6 is 11.6 Å². The molecule has 1 aliphatic carbocycles. The van der Waals surface area contributed by atoms with Crippen LogP contribution in [-0.4, -0.2) is 11.7 Å². The van der Waals surface area contributed by atoms with E-state index in [1.807, 2.05) is 50.2 Å². The van der Waals surface area contributed by atoms with Crippen molar-refractivity contribution in [1.82, 2.24) is 0 Å². The first-order valence-corrected chi connectivity index (χ1v) is 10.5. The molecule has 0 spiro atoms. The monoisotopic (exact) mass is 407 g/mol. The number of allylic oxidation sites excluding steroid dienone is 2. The maximum Gasteiger partial charge on any atom is 0.232 e. The standard InChI is InChI=1S/C25H26ClNO2/c1-15-9-10-20(16(2)11-15)27-21-13-25(3,4)14-22(28)24(21)18(12-23(27)29)17-7-5-6-8-19(17)26/h5-11,18H,12-14H2,1-4H3. The van der Waals surface area contributed by atoms with E-state index in [-0.39, 0.29) is 29.4 Å². The van der Waals surface area contributed by atoms with Crippen molar-refractivity contribution in [2.75, 3.05) is 4.90 Å². The summed E-state index contributed by atoms with van der Waals surface area (Å²) in [6, 6.07) is 13.7. The number of hydrogen-bond donors (Lipinski definition) is 0. The van der Waals surface area contributed by atoms with Crippen LogP contribution in [0.3, 0.4) is 0 Å². The highest BCUT2D eigenvalue weighted by Crippen LogP contribution is 2.49. The van der Waals surface area contributed by atoms with E-state index in [9.17, 15) is 9.59 Å². The van der Waals surface area contributed by atoms with Gasteiger partial charge in [0.15, 0.2) is 5.78 Å². The first kappa shape index (κ1) is 19.9. The summed E-state index contributed by atoms with van der Waals surface area (Å²) in [5.74, 6) is -0.133. The van der Waals surface area contributed by atoms with Crippen molar-refractivity contribution in [1.29, 1.82) is 0 Å². The molecule has 0 N–H and O–H groups in total. The zero-order chi connectivity index (χ0) is 20.9. The molecule has 2 aromatic rings. The minimum Gasteiger partial charge on any atom is -0.294 e. The minimum atomic E-state index is -0.281. The molecule has 29 heavy (non-hydrogen) atoms. The van der Waals surface area contributed by atoms with Crippen LogP contribution in [0.4, 0.5) is 5.69 Å². The van der Waals surface area contributed by atoms with Gasteiger partial charge in [-0.25, -0.2) is 0 Å². The number of amides is 1. The number of carbonyl (C=O) groups excluding carboxylic acids is 2. The number of carbonyl (C=O) groups is 2. The van der Waals surface area contributed by atoms with Gasteiger partial charge >= 0.3 is 0 Å². The van der Waals surface area contributed by atoms with Gasteiger partial charge in [0.05, 0.1) is 5.69 Å². The molecule has 4 heteroatoms. The normalized spacial score (nSPS) is 21.4. The second-order valence-electron chi connectivity index (χ2n) is 9.10. The van der Waals surface area contributed by atoms with Gasteiger partial charge in [0.1, 0.15) is 0 Å². The number of halogens is 1. The molecule has 0 fully saturated rings. The molecule has 0 saturated carbocycles. The molecule has 0 bridgehead atoms. The van der Waals surface area contributed by atoms with E-state index >= 15 is 0 Å². The summed E-state index contributed by atoms with van der Waals surface area (Å²) in [5, 5.41) is 0.606. The van der Waals surface area contributed by atoms with Crippen LogP contribution in [0.25, 0.3) is 0 Å². The molecule has 1 atom stereocenters. The van der Waals surface area contributed by atoms with Gasteiger partial charge < -0.3 is 0 Å². The number of hydrogen-bond acceptors (Lipinski definition) is 2. The van der Waals surface area contributed by atoms with E-state index in [1.165, 1.54) is 0 Å². The summed E-state index contributed by atoms with van der Waals surface area (Å²) in [5.41, 5.74) is 5.35. The topological polar surface area (TPSA) is 37.4 Å². The molecule has 1 unspecified atom stereocenters. The number of anilines is 1. The zero-order valence-corrected chi connectivity index (χ0v) is 18.1. The number of aryl methyl sites for hydroxylation is 2. The number of Topliss-reactive ketones (excluding diaryl/α,β-unsaturated/α-hetero) is 1. The van der Waals surface area contributed by atoms with E-state index in [2.05, 4.69) is 19.9 Å². The third kappa shape index (κ3) is 3.53. The molecule has 3 nitrogen and oxygen atoms in total. The maximum absolute atomic E-state index is 13.4. The molecule has 0 radical (unpaired) electrons. The number of benzene rings is 2. The zero-order valence-electron chi connectivity index (χ0n) is 17.4. The highest BCUT2D eigenvalue weighted by molar-refractivity contribution is 6.31. The lowest BCUT2D eigenvalue weighted by Gasteiger charge is -2.43. The first-order chi connectivity index (χ1) is 13.7. The van der Waals surface area contributed by atoms with Crippen molar-refractivity contribution in [3.05, 3.63) is 75.4 Å². The summed E-state index contributed by atoms with van der Waals surface area (Å²) in [4.78, 5) is 28.6. The van der Waals surface area contributed by atoms with Crippen LogP contribution in [0.5, 0.6) is 0 Å². The fraction of sp³-hybridized carbons (Fsp3) is 0.360. The molecule has 1 heterocycles. The Kier molecular flexibility index (Phi) is 4.90. The SMILES string of the molecule is Cc1ccc(N2C(=O)CC(c3ccccc3Cl)C3=C2CC(C)(C)CC3=O)c(C)c1. The van der Waals surface area contributed by atoms with Gasteiger partial charge in [-0.05, 0) is 48.9 Å². The average Bonchev–Trinajstić information content (AvgIpc) is 2.61. The maximum atomic E-state index is 13.4. The number of nitrogens with zero attached hydrogens (tertiary/aromatic N) is 1. The quantitative estimate of drug-likeness (QED) is 0.601. The Hall–Kier alpha value is -2.39. The van der Waals surface area contributed by atoms with Gasteiger partial charge in [-0.3, -0.25) is 14.5 Å². The molecular formula is C25H26ClNO2. The van der Waals surface area contributed by atoms with Gasteiger partial charge in [0, 0.05) is 35.1 Å². The van der Waals surface area contributed by atoms with E-state index in [1.54, 1.807) is 4.90 Å².